The maximum Gasteiger partial charge on any atom is 0.220 e. The number of nitrogens with zero attached hydrogens (tertiary/aromatic N) is 3. The fraction of sp³-hybridized carbons (Fsp3) is 0.412. The predicted molar refractivity (Wildman–Crippen MR) is 89.3 cm³/mol. The van der Waals surface area contributed by atoms with Crippen LogP contribution < -0.4 is 10.5 Å². The predicted octanol–water partition coefficient (Wildman–Crippen LogP) is 1.83. The zero-order valence-electron chi connectivity index (χ0n) is 13.1. The minimum Gasteiger partial charge on any atom is -0.494 e. The smallest absolute Gasteiger partial charge is 0.220 e. The Hall–Kier alpha value is -2.18. The van der Waals surface area contributed by atoms with Gasteiger partial charge >= 0.3 is 0 Å². The first-order valence-electron chi connectivity index (χ1n) is 7.93. The molecule has 1 aromatic carbocycles. The Kier molecular flexibility index (Phi) is 5.39. The number of nitrogens with two attached hydrogens (primary N) is 1. The molecule has 0 unspecified atom stereocenters. The molecule has 3 rings (SSSR count). The molecule has 2 heterocycles. The Labute approximate surface area is 136 Å². The van der Waals surface area contributed by atoms with Gasteiger partial charge in [-0.25, -0.2) is 9.97 Å². The van der Waals surface area contributed by atoms with E-state index in [-0.39, 0.29) is 5.95 Å². The van der Waals surface area contributed by atoms with Crippen LogP contribution in [0.15, 0.2) is 36.5 Å². The molecule has 1 fully saturated rings. The van der Waals surface area contributed by atoms with Crippen LogP contribution in [-0.4, -0.2) is 54.3 Å². The number of ether oxygens (including phenoxy) is 2. The molecule has 0 atom stereocenters. The van der Waals surface area contributed by atoms with E-state index in [0.717, 1.165) is 56.3 Å². The molecule has 0 amide bonds. The summed E-state index contributed by atoms with van der Waals surface area (Å²) in [6.07, 6.45) is 2.66. The van der Waals surface area contributed by atoms with E-state index in [9.17, 15) is 0 Å². The van der Waals surface area contributed by atoms with Gasteiger partial charge in [-0.05, 0) is 24.6 Å². The number of nitrogen functional groups attached to an aromatic ring is 1. The van der Waals surface area contributed by atoms with Crippen molar-refractivity contribution in [1.82, 2.24) is 14.9 Å². The number of anilines is 1. The topological polar surface area (TPSA) is 73.5 Å². The van der Waals surface area contributed by atoms with Gasteiger partial charge in [0.05, 0.1) is 25.5 Å². The van der Waals surface area contributed by atoms with Crippen molar-refractivity contribution in [3.05, 3.63) is 36.5 Å². The summed E-state index contributed by atoms with van der Waals surface area (Å²) in [5.41, 5.74) is 7.41. The molecule has 0 spiro atoms. The minimum atomic E-state index is 0.277. The lowest BCUT2D eigenvalue weighted by Gasteiger charge is -2.26. The van der Waals surface area contributed by atoms with Gasteiger partial charge in [0.2, 0.25) is 5.95 Å². The summed E-state index contributed by atoms with van der Waals surface area (Å²) in [6, 6.07) is 9.74. The zero-order valence-corrected chi connectivity index (χ0v) is 13.1. The summed E-state index contributed by atoms with van der Waals surface area (Å²) in [4.78, 5) is 10.6. The van der Waals surface area contributed by atoms with Crippen molar-refractivity contribution < 1.29 is 9.47 Å². The highest BCUT2D eigenvalue weighted by molar-refractivity contribution is 5.61. The molecule has 1 aliphatic heterocycles. The van der Waals surface area contributed by atoms with Gasteiger partial charge in [-0.1, -0.05) is 12.1 Å². The van der Waals surface area contributed by atoms with Crippen molar-refractivity contribution >= 4 is 5.95 Å². The van der Waals surface area contributed by atoms with Gasteiger partial charge in [0.1, 0.15) is 5.75 Å². The second kappa shape index (κ2) is 7.89. The lowest BCUT2D eigenvalue weighted by Crippen LogP contribution is -2.37. The van der Waals surface area contributed by atoms with Crippen LogP contribution in [0.2, 0.25) is 0 Å². The maximum atomic E-state index is 5.86. The van der Waals surface area contributed by atoms with E-state index in [2.05, 4.69) is 14.9 Å². The monoisotopic (exact) mass is 314 g/mol. The van der Waals surface area contributed by atoms with Crippen LogP contribution >= 0.6 is 0 Å². The van der Waals surface area contributed by atoms with E-state index in [0.29, 0.717) is 6.61 Å². The molecule has 1 aromatic heterocycles. The SMILES string of the molecule is Nc1nccc(-c2cccc(OCCCN3CCOCC3)c2)n1. The first-order chi connectivity index (χ1) is 11.3. The van der Waals surface area contributed by atoms with Crippen LogP contribution in [0.1, 0.15) is 6.42 Å². The zero-order chi connectivity index (χ0) is 15.9. The van der Waals surface area contributed by atoms with Crippen molar-refractivity contribution in [3.63, 3.8) is 0 Å². The highest BCUT2D eigenvalue weighted by Gasteiger charge is 2.09. The molecule has 6 nitrogen and oxygen atoms in total. The molecule has 0 aliphatic carbocycles. The number of hydrogen-bond donors (Lipinski definition) is 1. The van der Waals surface area contributed by atoms with E-state index >= 15 is 0 Å². The molecule has 0 bridgehead atoms. The number of benzene rings is 1. The molecule has 1 aliphatic rings. The van der Waals surface area contributed by atoms with Gasteiger partial charge in [0.15, 0.2) is 0 Å². The van der Waals surface area contributed by atoms with Crippen LogP contribution in [0.25, 0.3) is 11.3 Å². The van der Waals surface area contributed by atoms with Gasteiger partial charge < -0.3 is 15.2 Å². The summed E-state index contributed by atoms with van der Waals surface area (Å²) >= 11 is 0. The van der Waals surface area contributed by atoms with E-state index < -0.39 is 0 Å². The Morgan fingerprint density at radius 3 is 2.91 bits per heavy atom. The molecule has 2 aromatic rings. The summed E-state index contributed by atoms with van der Waals surface area (Å²) in [7, 11) is 0. The van der Waals surface area contributed by atoms with Crippen LogP contribution in [0.4, 0.5) is 5.95 Å². The Morgan fingerprint density at radius 1 is 1.22 bits per heavy atom. The lowest BCUT2D eigenvalue weighted by molar-refractivity contribution is 0.0358. The van der Waals surface area contributed by atoms with E-state index in [1.807, 2.05) is 30.3 Å². The summed E-state index contributed by atoms with van der Waals surface area (Å²) in [6.45, 7) is 5.46. The largest absolute Gasteiger partial charge is 0.494 e. The quantitative estimate of drug-likeness (QED) is 0.820. The highest BCUT2D eigenvalue weighted by atomic mass is 16.5. The standard InChI is InChI=1S/C17H22N4O2/c18-17-19-6-5-16(20-17)14-3-1-4-15(13-14)23-10-2-7-21-8-11-22-12-9-21/h1,3-6,13H,2,7-12H2,(H2,18,19,20). The first-order valence-corrected chi connectivity index (χ1v) is 7.93. The summed E-state index contributed by atoms with van der Waals surface area (Å²) in [5.74, 6) is 1.13. The fourth-order valence-corrected chi connectivity index (χ4v) is 2.58. The average molecular weight is 314 g/mol. The average Bonchev–Trinajstić information content (AvgIpc) is 2.60. The number of morpholine rings is 1. The van der Waals surface area contributed by atoms with Crippen molar-refractivity contribution in [2.24, 2.45) is 0 Å². The van der Waals surface area contributed by atoms with Crippen LogP contribution in [-0.2, 0) is 4.74 Å². The van der Waals surface area contributed by atoms with Crippen LogP contribution in [0.5, 0.6) is 5.75 Å². The molecular formula is C17H22N4O2. The third-order valence-corrected chi connectivity index (χ3v) is 3.80. The molecule has 23 heavy (non-hydrogen) atoms. The minimum absolute atomic E-state index is 0.277. The molecule has 0 saturated carbocycles. The van der Waals surface area contributed by atoms with E-state index in [1.165, 1.54) is 0 Å². The Bertz CT molecular complexity index is 629. The molecule has 122 valence electrons. The van der Waals surface area contributed by atoms with Crippen molar-refractivity contribution in [2.45, 2.75) is 6.42 Å². The molecule has 0 radical (unpaired) electrons. The highest BCUT2D eigenvalue weighted by Crippen LogP contribution is 2.22. The molecular weight excluding hydrogens is 292 g/mol. The van der Waals surface area contributed by atoms with Gasteiger partial charge in [-0.2, -0.15) is 0 Å². The van der Waals surface area contributed by atoms with Gasteiger partial charge in [0.25, 0.3) is 0 Å². The molecule has 6 heteroatoms. The van der Waals surface area contributed by atoms with Gasteiger partial charge in [-0.3, -0.25) is 4.90 Å². The van der Waals surface area contributed by atoms with Crippen molar-refractivity contribution in [1.29, 1.82) is 0 Å². The molecule has 1 saturated heterocycles. The number of rotatable bonds is 6. The Morgan fingerprint density at radius 2 is 2.09 bits per heavy atom. The van der Waals surface area contributed by atoms with Crippen LogP contribution in [0.3, 0.4) is 0 Å². The second-order valence-corrected chi connectivity index (χ2v) is 5.48. The third kappa shape index (κ3) is 4.64. The van der Waals surface area contributed by atoms with Gasteiger partial charge in [0, 0.05) is 31.4 Å². The molecule has 2 N–H and O–H groups in total. The fourth-order valence-electron chi connectivity index (χ4n) is 2.58. The second-order valence-electron chi connectivity index (χ2n) is 5.48. The lowest BCUT2D eigenvalue weighted by atomic mass is 10.1. The van der Waals surface area contributed by atoms with E-state index in [1.54, 1.807) is 6.20 Å². The van der Waals surface area contributed by atoms with E-state index in [4.69, 9.17) is 15.2 Å². The third-order valence-electron chi connectivity index (χ3n) is 3.80. The first kappa shape index (κ1) is 15.7. The normalized spacial score (nSPS) is 15.5. The maximum absolute atomic E-state index is 5.86. The van der Waals surface area contributed by atoms with Crippen molar-refractivity contribution in [3.8, 4) is 17.0 Å². The van der Waals surface area contributed by atoms with Gasteiger partial charge in [-0.15, -0.1) is 0 Å². The van der Waals surface area contributed by atoms with Crippen molar-refractivity contribution in [2.75, 3.05) is 45.2 Å². The number of aromatic nitrogens is 2. The summed E-state index contributed by atoms with van der Waals surface area (Å²) in [5, 5.41) is 0. The van der Waals surface area contributed by atoms with Crippen LogP contribution in [0, 0.1) is 0 Å². The number of hydrogen-bond acceptors (Lipinski definition) is 6. The summed E-state index contributed by atoms with van der Waals surface area (Å²) < 4.78 is 11.2. The Balaban J connectivity index is 1.51.